The van der Waals surface area contributed by atoms with Crippen LogP contribution in [0, 0.1) is 0 Å². The van der Waals surface area contributed by atoms with Crippen LogP contribution >= 0.6 is 0 Å². The molecule has 0 heterocycles. The number of aryl methyl sites for hydroxylation is 1. The van der Waals surface area contributed by atoms with Crippen LogP contribution in [0.2, 0.25) is 0 Å². The number of hydrogen-bond acceptors (Lipinski definition) is 5. The Morgan fingerprint density at radius 2 is 1.53 bits per heavy atom. The number of carbonyl (C=O) groups excluding carboxylic acids is 1. The number of rotatable bonds is 14. The summed E-state index contributed by atoms with van der Waals surface area (Å²) in [5, 5.41) is 1.67. The van der Waals surface area contributed by atoms with E-state index in [0.29, 0.717) is 29.4 Å². The molecule has 0 saturated heterocycles. The number of methoxy groups -OCH3 is 2. The molecule has 0 N–H and O–H groups in total. The Morgan fingerprint density at radius 1 is 0.844 bits per heavy atom. The van der Waals surface area contributed by atoms with E-state index in [1.165, 1.54) is 18.4 Å². The van der Waals surface area contributed by atoms with Gasteiger partial charge in [-0.25, -0.2) is 0 Å². The SMILES string of the molecule is CCCCCCCC(=O)Oc1c(OC)c(OC)c(OC(C)CC)c2cc(CCC)ccc12. The molecule has 0 saturated carbocycles. The van der Waals surface area contributed by atoms with Crippen molar-refractivity contribution in [3.63, 3.8) is 0 Å². The molecule has 5 heteroatoms. The Labute approximate surface area is 193 Å². The summed E-state index contributed by atoms with van der Waals surface area (Å²) in [5.41, 5.74) is 1.20. The second-order valence-electron chi connectivity index (χ2n) is 8.33. The highest BCUT2D eigenvalue weighted by molar-refractivity contribution is 6.00. The number of unbranched alkanes of at least 4 members (excludes halogenated alkanes) is 4. The maximum atomic E-state index is 12.7. The first-order valence-electron chi connectivity index (χ1n) is 12.1. The summed E-state index contributed by atoms with van der Waals surface area (Å²) >= 11 is 0. The summed E-state index contributed by atoms with van der Waals surface area (Å²) in [5.74, 6) is 1.63. The third kappa shape index (κ3) is 6.54. The zero-order valence-corrected chi connectivity index (χ0v) is 20.7. The van der Waals surface area contributed by atoms with Gasteiger partial charge >= 0.3 is 5.97 Å². The van der Waals surface area contributed by atoms with Gasteiger partial charge < -0.3 is 18.9 Å². The minimum Gasteiger partial charge on any atom is -0.490 e. The normalized spacial score (nSPS) is 11.9. The van der Waals surface area contributed by atoms with Crippen molar-refractivity contribution in [2.45, 2.75) is 91.6 Å². The van der Waals surface area contributed by atoms with E-state index in [1.807, 2.05) is 13.0 Å². The lowest BCUT2D eigenvalue weighted by atomic mass is 10.0. The van der Waals surface area contributed by atoms with Gasteiger partial charge in [0.1, 0.15) is 0 Å². The first-order chi connectivity index (χ1) is 15.5. The summed E-state index contributed by atoms with van der Waals surface area (Å²) in [6.07, 6.45) is 8.63. The number of hydrogen-bond donors (Lipinski definition) is 0. The molecule has 2 aromatic rings. The zero-order chi connectivity index (χ0) is 23.5. The topological polar surface area (TPSA) is 54.0 Å². The quantitative estimate of drug-likeness (QED) is 0.174. The second-order valence-corrected chi connectivity index (χ2v) is 8.33. The molecule has 0 aromatic heterocycles. The molecule has 2 aromatic carbocycles. The van der Waals surface area contributed by atoms with Gasteiger partial charge in [-0.3, -0.25) is 4.79 Å². The molecule has 1 unspecified atom stereocenters. The maximum Gasteiger partial charge on any atom is 0.311 e. The predicted octanol–water partition coefficient (Wildman–Crippen LogP) is 7.25. The van der Waals surface area contributed by atoms with Gasteiger partial charge in [0, 0.05) is 17.2 Å². The number of fused-ring (bicyclic) bond motifs is 1. The van der Waals surface area contributed by atoms with Gasteiger partial charge in [0.15, 0.2) is 11.5 Å². The molecule has 0 fully saturated rings. The Balaban J connectivity index is 2.51. The van der Waals surface area contributed by atoms with Crippen LogP contribution in [0.3, 0.4) is 0 Å². The highest BCUT2D eigenvalue weighted by atomic mass is 16.6. The van der Waals surface area contributed by atoms with E-state index in [9.17, 15) is 4.79 Å². The maximum absolute atomic E-state index is 12.7. The van der Waals surface area contributed by atoms with Crippen molar-refractivity contribution in [2.75, 3.05) is 14.2 Å². The van der Waals surface area contributed by atoms with E-state index in [-0.39, 0.29) is 12.1 Å². The highest BCUT2D eigenvalue weighted by Gasteiger charge is 2.26. The van der Waals surface area contributed by atoms with Gasteiger partial charge in [-0.1, -0.05) is 65.0 Å². The lowest BCUT2D eigenvalue weighted by Crippen LogP contribution is -2.13. The Kier molecular flexibility index (Phi) is 10.6. The van der Waals surface area contributed by atoms with Crippen LogP contribution in [0.1, 0.15) is 84.6 Å². The van der Waals surface area contributed by atoms with E-state index in [2.05, 4.69) is 32.9 Å². The van der Waals surface area contributed by atoms with E-state index in [4.69, 9.17) is 18.9 Å². The molecule has 5 nitrogen and oxygen atoms in total. The molecule has 0 aliphatic heterocycles. The monoisotopic (exact) mass is 444 g/mol. The van der Waals surface area contributed by atoms with E-state index in [0.717, 1.165) is 49.3 Å². The summed E-state index contributed by atoms with van der Waals surface area (Å²) in [4.78, 5) is 12.7. The number of esters is 1. The standard InChI is InChI=1S/C27H40O5/c1-7-10-11-12-13-15-23(28)32-24-21-17-16-20(14-8-2)18-22(21)25(31-19(4)9-3)27(30-6)26(24)29-5/h16-19H,7-15H2,1-6H3. The Morgan fingerprint density at radius 3 is 2.16 bits per heavy atom. The minimum atomic E-state index is -0.253. The second kappa shape index (κ2) is 13.2. The molecule has 0 radical (unpaired) electrons. The molecular formula is C27H40O5. The third-order valence-corrected chi connectivity index (χ3v) is 5.73. The van der Waals surface area contributed by atoms with Crippen molar-refractivity contribution < 1.29 is 23.7 Å². The van der Waals surface area contributed by atoms with E-state index >= 15 is 0 Å². The van der Waals surface area contributed by atoms with Crippen molar-refractivity contribution in [1.29, 1.82) is 0 Å². The van der Waals surface area contributed by atoms with Crippen LogP contribution in [-0.2, 0) is 11.2 Å². The molecule has 178 valence electrons. The van der Waals surface area contributed by atoms with E-state index < -0.39 is 0 Å². The van der Waals surface area contributed by atoms with Crippen LogP contribution in [0.15, 0.2) is 18.2 Å². The van der Waals surface area contributed by atoms with Crippen molar-refractivity contribution in [2.24, 2.45) is 0 Å². The summed E-state index contributed by atoms with van der Waals surface area (Å²) in [6.45, 7) is 8.44. The average Bonchev–Trinajstić information content (AvgIpc) is 2.80. The lowest BCUT2D eigenvalue weighted by molar-refractivity contribution is -0.134. The van der Waals surface area contributed by atoms with Gasteiger partial charge in [-0.2, -0.15) is 0 Å². The fourth-order valence-electron chi connectivity index (χ4n) is 3.78. The summed E-state index contributed by atoms with van der Waals surface area (Å²) in [6, 6.07) is 6.18. The molecule has 0 bridgehead atoms. The first kappa shape index (κ1) is 25.8. The van der Waals surface area contributed by atoms with E-state index in [1.54, 1.807) is 14.2 Å². The Bertz CT molecular complexity index is 874. The van der Waals surface area contributed by atoms with Crippen molar-refractivity contribution in [3.8, 4) is 23.0 Å². The van der Waals surface area contributed by atoms with Gasteiger partial charge in [0.2, 0.25) is 11.5 Å². The minimum absolute atomic E-state index is 0.00292. The molecule has 32 heavy (non-hydrogen) atoms. The predicted molar refractivity (Wildman–Crippen MR) is 130 cm³/mol. The molecule has 0 amide bonds. The summed E-state index contributed by atoms with van der Waals surface area (Å²) in [7, 11) is 3.15. The highest BCUT2D eigenvalue weighted by Crippen LogP contribution is 2.51. The zero-order valence-electron chi connectivity index (χ0n) is 20.7. The molecule has 2 rings (SSSR count). The van der Waals surface area contributed by atoms with Crippen molar-refractivity contribution in [3.05, 3.63) is 23.8 Å². The lowest BCUT2D eigenvalue weighted by Gasteiger charge is -2.22. The smallest absolute Gasteiger partial charge is 0.311 e. The van der Waals surface area contributed by atoms with Crippen LogP contribution < -0.4 is 18.9 Å². The number of benzene rings is 2. The van der Waals surface area contributed by atoms with Crippen LogP contribution in [0.25, 0.3) is 10.8 Å². The average molecular weight is 445 g/mol. The first-order valence-corrected chi connectivity index (χ1v) is 12.1. The van der Waals surface area contributed by atoms with Crippen molar-refractivity contribution in [1.82, 2.24) is 0 Å². The van der Waals surface area contributed by atoms with Crippen molar-refractivity contribution >= 4 is 16.7 Å². The fraction of sp³-hybridized carbons (Fsp3) is 0.593. The number of carbonyl (C=O) groups is 1. The molecule has 0 spiro atoms. The molecule has 0 aliphatic carbocycles. The Hall–Kier alpha value is -2.43. The summed E-state index contributed by atoms with van der Waals surface area (Å²) < 4.78 is 23.6. The van der Waals surface area contributed by atoms with Crippen LogP contribution in [0.4, 0.5) is 0 Å². The largest absolute Gasteiger partial charge is 0.490 e. The van der Waals surface area contributed by atoms with Gasteiger partial charge in [0.05, 0.1) is 20.3 Å². The molecule has 0 aliphatic rings. The molecule has 1 atom stereocenters. The van der Waals surface area contributed by atoms with Gasteiger partial charge in [-0.15, -0.1) is 0 Å². The number of ether oxygens (including phenoxy) is 4. The fourth-order valence-corrected chi connectivity index (χ4v) is 3.78. The molecular weight excluding hydrogens is 404 g/mol. The van der Waals surface area contributed by atoms with Gasteiger partial charge in [-0.05, 0) is 37.8 Å². The van der Waals surface area contributed by atoms with Crippen LogP contribution in [0.5, 0.6) is 23.0 Å². The third-order valence-electron chi connectivity index (χ3n) is 5.73. The van der Waals surface area contributed by atoms with Gasteiger partial charge in [0.25, 0.3) is 0 Å². The van der Waals surface area contributed by atoms with Crippen LogP contribution in [-0.4, -0.2) is 26.3 Å².